The zero-order valence-electron chi connectivity index (χ0n) is 11.6. The van der Waals surface area contributed by atoms with Gasteiger partial charge in [0.25, 0.3) is 0 Å². The Morgan fingerprint density at radius 1 is 1.55 bits per heavy atom. The van der Waals surface area contributed by atoms with Gasteiger partial charge < -0.3 is 10.1 Å². The van der Waals surface area contributed by atoms with Gasteiger partial charge in [-0.2, -0.15) is 18.2 Å². The van der Waals surface area contributed by atoms with E-state index in [0.29, 0.717) is 0 Å². The van der Waals surface area contributed by atoms with E-state index in [1.165, 1.54) is 6.92 Å². The van der Waals surface area contributed by atoms with Crippen LogP contribution in [-0.2, 0) is 15.7 Å². The zero-order chi connectivity index (χ0) is 16.5. The molecule has 2 aromatic heterocycles. The highest BCUT2D eigenvalue weighted by molar-refractivity contribution is 6.31. The van der Waals surface area contributed by atoms with Crippen LogP contribution in [-0.4, -0.2) is 33.2 Å². The first-order valence-corrected chi connectivity index (χ1v) is 6.66. The second kappa shape index (κ2) is 5.99. The highest BCUT2D eigenvalue weighted by Crippen LogP contribution is 2.35. The molecule has 120 valence electrons. The van der Waals surface area contributed by atoms with Gasteiger partial charge in [-0.1, -0.05) is 11.6 Å². The largest absolute Gasteiger partial charge is 0.464 e. The molecule has 2 aromatic rings. The van der Waals surface area contributed by atoms with Crippen LogP contribution in [0.4, 0.5) is 19.1 Å². The molecular weight excluding hydrogens is 325 g/mol. The lowest BCUT2D eigenvalue weighted by Crippen LogP contribution is -2.28. The predicted molar refractivity (Wildman–Crippen MR) is 72.7 cm³/mol. The number of hydrogen-bond donors (Lipinski definition) is 1. The summed E-state index contributed by atoms with van der Waals surface area (Å²) in [4.78, 5) is 15.4. The van der Waals surface area contributed by atoms with E-state index >= 15 is 0 Å². The average molecular weight is 337 g/mol. The third kappa shape index (κ3) is 3.41. The van der Waals surface area contributed by atoms with Gasteiger partial charge in [-0.15, -0.1) is 5.10 Å². The van der Waals surface area contributed by atoms with E-state index in [1.807, 2.05) is 0 Å². The summed E-state index contributed by atoms with van der Waals surface area (Å²) in [5.74, 6) is -0.522. The summed E-state index contributed by atoms with van der Waals surface area (Å²) in [6.07, 6.45) is -3.58. The molecule has 2 heterocycles. The molecule has 22 heavy (non-hydrogen) atoms. The van der Waals surface area contributed by atoms with Crippen molar-refractivity contribution in [2.75, 3.05) is 11.9 Å². The lowest BCUT2D eigenvalue weighted by atomic mass is 10.2. The molecule has 0 spiro atoms. The average Bonchev–Trinajstić information content (AvgIpc) is 2.77. The Hall–Kier alpha value is -2.03. The molecule has 0 saturated carbocycles. The fourth-order valence-corrected chi connectivity index (χ4v) is 1.96. The molecule has 0 radical (unpaired) electrons. The van der Waals surface area contributed by atoms with Crippen LogP contribution in [0.15, 0.2) is 12.3 Å². The monoisotopic (exact) mass is 336 g/mol. The van der Waals surface area contributed by atoms with Crippen LogP contribution in [0.3, 0.4) is 0 Å². The predicted octanol–water partition coefficient (Wildman–Crippen LogP) is 2.77. The molecule has 1 unspecified atom stereocenters. The second-order valence-electron chi connectivity index (χ2n) is 4.39. The lowest BCUT2D eigenvalue weighted by molar-refractivity contribution is -0.143. The van der Waals surface area contributed by atoms with E-state index in [1.54, 1.807) is 6.92 Å². The fourth-order valence-electron chi connectivity index (χ4n) is 1.70. The van der Waals surface area contributed by atoms with Crippen molar-refractivity contribution in [3.8, 4) is 0 Å². The van der Waals surface area contributed by atoms with Gasteiger partial charge >= 0.3 is 12.1 Å². The van der Waals surface area contributed by atoms with Crippen LogP contribution in [0.5, 0.6) is 0 Å². The Balaban J connectivity index is 2.29. The number of nitrogens with zero attached hydrogens (tertiary/aromatic N) is 3. The van der Waals surface area contributed by atoms with Crippen LogP contribution in [0.25, 0.3) is 5.65 Å². The van der Waals surface area contributed by atoms with Crippen LogP contribution in [0, 0.1) is 0 Å². The van der Waals surface area contributed by atoms with Gasteiger partial charge in [0.2, 0.25) is 5.95 Å². The van der Waals surface area contributed by atoms with Gasteiger partial charge in [0.1, 0.15) is 6.04 Å². The van der Waals surface area contributed by atoms with E-state index in [0.717, 1.165) is 16.8 Å². The first-order chi connectivity index (χ1) is 10.2. The molecule has 0 aromatic carbocycles. The maximum absolute atomic E-state index is 12.8. The molecule has 2 rings (SSSR count). The van der Waals surface area contributed by atoms with E-state index in [2.05, 4.69) is 15.4 Å². The highest BCUT2D eigenvalue weighted by atomic mass is 35.5. The lowest BCUT2D eigenvalue weighted by Gasteiger charge is -2.10. The summed E-state index contributed by atoms with van der Waals surface area (Å²) in [5, 5.41) is 6.07. The smallest absolute Gasteiger partial charge is 0.418 e. The van der Waals surface area contributed by atoms with Crippen molar-refractivity contribution in [2.24, 2.45) is 0 Å². The third-order valence-corrected chi connectivity index (χ3v) is 3.02. The SMILES string of the molecule is CCOC(=O)C(C)Nc1nc2cc(C(F)(F)F)c(Cl)cn2n1. The van der Waals surface area contributed by atoms with E-state index in [-0.39, 0.29) is 18.2 Å². The topological polar surface area (TPSA) is 68.5 Å². The number of halogens is 4. The Bertz CT molecular complexity index is 701. The Morgan fingerprint density at radius 3 is 2.82 bits per heavy atom. The second-order valence-corrected chi connectivity index (χ2v) is 4.80. The maximum Gasteiger partial charge on any atom is 0.418 e. The van der Waals surface area contributed by atoms with Crippen molar-refractivity contribution in [1.29, 1.82) is 0 Å². The van der Waals surface area contributed by atoms with Gasteiger partial charge in [0, 0.05) is 0 Å². The molecule has 6 nitrogen and oxygen atoms in total. The number of anilines is 1. The Kier molecular flexibility index (Phi) is 4.45. The number of hydrogen-bond acceptors (Lipinski definition) is 5. The van der Waals surface area contributed by atoms with Gasteiger partial charge in [0.05, 0.1) is 23.4 Å². The first kappa shape index (κ1) is 16.3. The molecule has 0 amide bonds. The minimum atomic E-state index is -4.59. The van der Waals surface area contributed by atoms with E-state index < -0.39 is 28.8 Å². The minimum Gasteiger partial charge on any atom is -0.464 e. The van der Waals surface area contributed by atoms with E-state index in [4.69, 9.17) is 16.3 Å². The number of rotatable bonds is 4. The van der Waals surface area contributed by atoms with Gasteiger partial charge in [-0.05, 0) is 19.9 Å². The molecule has 0 aliphatic rings. The number of alkyl halides is 3. The summed E-state index contributed by atoms with van der Waals surface area (Å²) in [7, 11) is 0. The quantitative estimate of drug-likeness (QED) is 0.869. The standard InChI is InChI=1S/C12H12ClF3N4O2/c1-3-22-10(21)6(2)17-11-18-9-4-7(12(14,15)16)8(13)5-20(9)19-11/h4-6H,3H2,1-2H3,(H,17,19). The Morgan fingerprint density at radius 2 is 2.23 bits per heavy atom. The normalized spacial score (nSPS) is 13.2. The minimum absolute atomic E-state index is 0.00376. The summed E-state index contributed by atoms with van der Waals surface area (Å²) >= 11 is 5.59. The zero-order valence-corrected chi connectivity index (χ0v) is 12.4. The third-order valence-electron chi connectivity index (χ3n) is 2.72. The Labute approximate surface area is 128 Å². The van der Waals surface area contributed by atoms with Gasteiger partial charge in [-0.25, -0.2) is 9.31 Å². The van der Waals surface area contributed by atoms with Crippen molar-refractivity contribution in [2.45, 2.75) is 26.1 Å². The molecule has 0 aliphatic carbocycles. The van der Waals surface area contributed by atoms with Gasteiger partial charge in [-0.3, -0.25) is 0 Å². The van der Waals surface area contributed by atoms with Crippen LogP contribution in [0.1, 0.15) is 19.4 Å². The number of aromatic nitrogens is 3. The van der Waals surface area contributed by atoms with Crippen molar-refractivity contribution in [1.82, 2.24) is 14.6 Å². The summed E-state index contributed by atoms with van der Waals surface area (Å²) in [6.45, 7) is 3.40. The molecular formula is C12H12ClF3N4O2. The van der Waals surface area contributed by atoms with Crippen LogP contribution >= 0.6 is 11.6 Å². The number of carbonyl (C=O) groups excluding carboxylic acids is 1. The molecule has 10 heteroatoms. The number of fused-ring (bicyclic) bond motifs is 1. The molecule has 0 saturated heterocycles. The number of ether oxygens (including phenoxy) is 1. The van der Waals surface area contributed by atoms with Crippen molar-refractivity contribution in [3.05, 3.63) is 22.8 Å². The molecule has 0 bridgehead atoms. The number of esters is 1. The summed E-state index contributed by atoms with van der Waals surface area (Å²) in [6, 6.07) is 0.0464. The van der Waals surface area contributed by atoms with Crippen molar-refractivity contribution in [3.63, 3.8) is 0 Å². The van der Waals surface area contributed by atoms with Crippen molar-refractivity contribution < 1.29 is 22.7 Å². The molecule has 1 atom stereocenters. The van der Waals surface area contributed by atoms with Gasteiger partial charge in [0.15, 0.2) is 5.65 Å². The number of pyridine rings is 1. The van der Waals surface area contributed by atoms with Crippen molar-refractivity contribution >= 4 is 29.2 Å². The first-order valence-electron chi connectivity index (χ1n) is 6.28. The molecule has 0 aliphatic heterocycles. The fraction of sp³-hybridized carbons (Fsp3) is 0.417. The number of carbonyl (C=O) groups is 1. The highest BCUT2D eigenvalue weighted by Gasteiger charge is 2.34. The van der Waals surface area contributed by atoms with Crippen LogP contribution in [0.2, 0.25) is 5.02 Å². The molecule has 1 N–H and O–H groups in total. The summed E-state index contributed by atoms with van der Waals surface area (Å²) in [5.41, 5.74) is -1.05. The summed E-state index contributed by atoms with van der Waals surface area (Å²) < 4.78 is 44.2. The van der Waals surface area contributed by atoms with Crippen LogP contribution < -0.4 is 5.32 Å². The number of nitrogens with one attached hydrogen (secondary N) is 1. The maximum atomic E-state index is 12.8. The van der Waals surface area contributed by atoms with E-state index in [9.17, 15) is 18.0 Å². The molecule has 0 fully saturated rings.